The number of nitriles is 2. The first-order chi connectivity index (χ1) is 9.65. The van der Waals surface area contributed by atoms with Gasteiger partial charge in [0.25, 0.3) is 0 Å². The van der Waals surface area contributed by atoms with Crippen molar-refractivity contribution in [3.63, 3.8) is 0 Å². The van der Waals surface area contributed by atoms with Crippen molar-refractivity contribution in [2.24, 2.45) is 4.99 Å². The minimum absolute atomic E-state index is 0.0179. The molecule has 1 heterocycles. The smallest absolute Gasteiger partial charge is 0.177 e. The van der Waals surface area contributed by atoms with Gasteiger partial charge in [0.1, 0.15) is 17.8 Å². The maximum Gasteiger partial charge on any atom is 0.177 e. The van der Waals surface area contributed by atoms with E-state index in [1.165, 1.54) is 0 Å². The molecule has 0 unspecified atom stereocenters. The third kappa shape index (κ3) is 2.68. The van der Waals surface area contributed by atoms with Crippen molar-refractivity contribution in [1.82, 2.24) is 9.97 Å². The molecule has 0 amide bonds. The molecule has 2 rings (SSSR count). The molecule has 0 aliphatic carbocycles. The highest BCUT2D eigenvalue weighted by Gasteiger charge is 2.09. The van der Waals surface area contributed by atoms with E-state index in [2.05, 4.69) is 15.0 Å². The quantitative estimate of drug-likeness (QED) is 0.777. The van der Waals surface area contributed by atoms with Crippen LogP contribution in [-0.2, 0) is 0 Å². The SMILES string of the molecule is Cc1ccccc1N=Cc1nc(C#N)c(C#N)nc1C. The van der Waals surface area contributed by atoms with E-state index in [1.807, 2.05) is 43.3 Å². The van der Waals surface area contributed by atoms with E-state index in [-0.39, 0.29) is 11.4 Å². The molecule has 20 heavy (non-hydrogen) atoms. The van der Waals surface area contributed by atoms with Crippen molar-refractivity contribution >= 4 is 11.9 Å². The Bertz CT molecular complexity index is 763. The third-order valence-electron chi connectivity index (χ3n) is 2.76. The van der Waals surface area contributed by atoms with Crippen LogP contribution in [0.15, 0.2) is 29.3 Å². The van der Waals surface area contributed by atoms with Crippen molar-refractivity contribution in [3.8, 4) is 12.1 Å². The summed E-state index contributed by atoms with van der Waals surface area (Å²) in [6, 6.07) is 11.4. The number of aliphatic imine (C=N–C) groups is 1. The summed E-state index contributed by atoms with van der Waals surface area (Å²) in [5.74, 6) is 0. The molecule has 0 aliphatic heterocycles. The summed E-state index contributed by atoms with van der Waals surface area (Å²) in [6.45, 7) is 3.69. The van der Waals surface area contributed by atoms with Crippen molar-refractivity contribution in [1.29, 1.82) is 10.5 Å². The Hall–Kier alpha value is -3.05. The highest BCUT2D eigenvalue weighted by molar-refractivity contribution is 5.81. The Morgan fingerprint density at radius 2 is 1.70 bits per heavy atom. The van der Waals surface area contributed by atoms with Crippen molar-refractivity contribution in [2.45, 2.75) is 13.8 Å². The standard InChI is InChI=1S/C15H11N5/c1-10-5-3-4-6-12(10)18-9-15-11(2)19-13(7-16)14(8-17)20-15/h3-6,9H,1-2H3. The number of nitrogens with zero attached hydrogens (tertiary/aromatic N) is 5. The van der Waals surface area contributed by atoms with E-state index >= 15 is 0 Å². The van der Waals surface area contributed by atoms with E-state index < -0.39 is 0 Å². The van der Waals surface area contributed by atoms with Gasteiger partial charge in [0.2, 0.25) is 0 Å². The third-order valence-corrected chi connectivity index (χ3v) is 2.76. The van der Waals surface area contributed by atoms with E-state index in [4.69, 9.17) is 10.5 Å². The van der Waals surface area contributed by atoms with Gasteiger partial charge in [0.15, 0.2) is 11.4 Å². The van der Waals surface area contributed by atoms with Gasteiger partial charge >= 0.3 is 0 Å². The van der Waals surface area contributed by atoms with Gasteiger partial charge in [-0.1, -0.05) is 18.2 Å². The number of hydrogen-bond donors (Lipinski definition) is 0. The molecule has 5 nitrogen and oxygen atoms in total. The number of aromatic nitrogens is 2. The molecule has 0 aliphatic rings. The molecule has 0 spiro atoms. The lowest BCUT2D eigenvalue weighted by molar-refractivity contribution is 1.06. The highest BCUT2D eigenvalue weighted by atomic mass is 14.9. The molecule has 0 atom stereocenters. The predicted octanol–water partition coefficient (Wildman–Crippen LogP) is 2.59. The monoisotopic (exact) mass is 261 g/mol. The Kier molecular flexibility index (Phi) is 3.83. The summed E-state index contributed by atoms with van der Waals surface area (Å²) < 4.78 is 0. The molecule has 0 radical (unpaired) electrons. The summed E-state index contributed by atoms with van der Waals surface area (Å²) in [4.78, 5) is 12.5. The molecule has 0 fully saturated rings. The Morgan fingerprint density at radius 1 is 1.05 bits per heavy atom. The van der Waals surface area contributed by atoms with Crippen LogP contribution < -0.4 is 0 Å². The molecule has 1 aromatic heterocycles. The van der Waals surface area contributed by atoms with Gasteiger partial charge in [-0.25, -0.2) is 9.97 Å². The minimum atomic E-state index is 0.0179. The first-order valence-corrected chi connectivity index (χ1v) is 5.94. The van der Waals surface area contributed by atoms with Crippen LogP contribution in [0.4, 0.5) is 5.69 Å². The fraction of sp³-hybridized carbons (Fsp3) is 0.133. The number of benzene rings is 1. The Balaban J connectivity index is 2.43. The molecule has 5 heteroatoms. The zero-order valence-electron chi connectivity index (χ0n) is 11.1. The molecular weight excluding hydrogens is 250 g/mol. The fourth-order valence-electron chi connectivity index (χ4n) is 1.65. The van der Waals surface area contributed by atoms with Gasteiger partial charge in [-0.3, -0.25) is 4.99 Å². The van der Waals surface area contributed by atoms with Gasteiger partial charge in [-0.05, 0) is 25.5 Å². The number of para-hydroxylation sites is 1. The summed E-state index contributed by atoms with van der Waals surface area (Å²) >= 11 is 0. The molecule has 1 aromatic carbocycles. The first-order valence-electron chi connectivity index (χ1n) is 5.94. The van der Waals surface area contributed by atoms with E-state index in [0.717, 1.165) is 11.3 Å². The second-order valence-corrected chi connectivity index (χ2v) is 4.16. The largest absolute Gasteiger partial charge is 0.254 e. The molecule has 0 saturated heterocycles. The zero-order valence-corrected chi connectivity index (χ0v) is 11.1. The zero-order chi connectivity index (χ0) is 14.5. The number of aryl methyl sites for hydroxylation is 2. The van der Waals surface area contributed by atoms with E-state index in [0.29, 0.717) is 11.4 Å². The summed E-state index contributed by atoms with van der Waals surface area (Å²) in [6.07, 6.45) is 1.56. The second kappa shape index (κ2) is 5.73. The lowest BCUT2D eigenvalue weighted by atomic mass is 10.2. The molecule has 0 N–H and O–H groups in total. The second-order valence-electron chi connectivity index (χ2n) is 4.16. The highest BCUT2D eigenvalue weighted by Crippen LogP contribution is 2.17. The maximum atomic E-state index is 8.95. The van der Waals surface area contributed by atoms with Crippen molar-refractivity contribution in [3.05, 3.63) is 52.6 Å². The van der Waals surface area contributed by atoms with Gasteiger partial charge in [-0.2, -0.15) is 10.5 Å². The van der Waals surface area contributed by atoms with Crippen LogP contribution in [-0.4, -0.2) is 16.2 Å². The van der Waals surface area contributed by atoms with Crippen LogP contribution in [0.2, 0.25) is 0 Å². The van der Waals surface area contributed by atoms with E-state index in [9.17, 15) is 0 Å². The number of rotatable bonds is 2. The summed E-state index contributed by atoms with van der Waals surface area (Å²) in [7, 11) is 0. The topological polar surface area (TPSA) is 85.7 Å². The lowest BCUT2D eigenvalue weighted by Gasteiger charge is -2.01. The normalized spacial score (nSPS) is 10.2. The summed E-state index contributed by atoms with van der Waals surface area (Å²) in [5, 5.41) is 17.8. The molecular formula is C15H11N5. The average molecular weight is 261 g/mol. The number of hydrogen-bond acceptors (Lipinski definition) is 5. The van der Waals surface area contributed by atoms with Crippen LogP contribution >= 0.6 is 0 Å². The van der Waals surface area contributed by atoms with Gasteiger partial charge in [0.05, 0.1) is 17.6 Å². The average Bonchev–Trinajstić information content (AvgIpc) is 2.47. The molecule has 0 bridgehead atoms. The van der Waals surface area contributed by atoms with Crippen molar-refractivity contribution in [2.75, 3.05) is 0 Å². The molecule has 2 aromatic rings. The van der Waals surface area contributed by atoms with Crippen LogP contribution in [0.25, 0.3) is 0 Å². The van der Waals surface area contributed by atoms with Crippen LogP contribution in [0, 0.1) is 36.5 Å². The predicted molar refractivity (Wildman–Crippen MR) is 74.6 cm³/mol. The Morgan fingerprint density at radius 3 is 2.35 bits per heavy atom. The first kappa shape index (κ1) is 13.4. The van der Waals surface area contributed by atoms with Gasteiger partial charge in [0, 0.05) is 0 Å². The summed E-state index contributed by atoms with van der Waals surface area (Å²) in [5.41, 5.74) is 2.99. The van der Waals surface area contributed by atoms with Crippen LogP contribution in [0.5, 0.6) is 0 Å². The minimum Gasteiger partial charge on any atom is -0.254 e. The fourth-order valence-corrected chi connectivity index (χ4v) is 1.65. The van der Waals surface area contributed by atoms with E-state index in [1.54, 1.807) is 13.1 Å². The Labute approximate surface area is 116 Å². The molecule has 96 valence electrons. The van der Waals surface area contributed by atoms with Crippen molar-refractivity contribution < 1.29 is 0 Å². The van der Waals surface area contributed by atoms with Gasteiger partial charge in [-0.15, -0.1) is 0 Å². The maximum absolute atomic E-state index is 8.95. The molecule has 0 saturated carbocycles. The van der Waals surface area contributed by atoms with Gasteiger partial charge < -0.3 is 0 Å². The van der Waals surface area contributed by atoms with Crippen LogP contribution in [0.3, 0.4) is 0 Å². The van der Waals surface area contributed by atoms with Crippen LogP contribution in [0.1, 0.15) is 28.3 Å². The lowest BCUT2D eigenvalue weighted by Crippen LogP contribution is -2.03.